The summed E-state index contributed by atoms with van der Waals surface area (Å²) in [7, 11) is 0. The lowest BCUT2D eigenvalue weighted by Gasteiger charge is -2.24. The van der Waals surface area contributed by atoms with E-state index in [1.165, 1.54) is 29.2 Å². The van der Waals surface area contributed by atoms with Gasteiger partial charge in [0.05, 0.1) is 5.02 Å². The molecule has 4 rings (SSSR count). The molecule has 1 N–H and O–H groups in total. The van der Waals surface area contributed by atoms with Crippen molar-refractivity contribution in [3.8, 4) is 5.75 Å². The zero-order valence-corrected chi connectivity index (χ0v) is 19.8. The van der Waals surface area contributed by atoms with E-state index in [0.29, 0.717) is 36.1 Å². The maximum Gasteiger partial charge on any atom is 0.323 e. The molecule has 0 aromatic heterocycles. The fourth-order valence-electron chi connectivity index (χ4n) is 4.39. The number of halogens is 3. The number of amides is 1. The first kappa shape index (κ1) is 24.7. The third-order valence-electron chi connectivity index (χ3n) is 5.96. The van der Waals surface area contributed by atoms with E-state index >= 15 is 0 Å². The van der Waals surface area contributed by atoms with Crippen molar-refractivity contribution in [2.75, 3.05) is 13.1 Å². The molecule has 0 unspecified atom stereocenters. The molecule has 0 saturated heterocycles. The number of carboxylic acids is 1. The number of hydrogen-bond donors (Lipinski definition) is 1. The zero-order valence-electron chi connectivity index (χ0n) is 19.1. The molecule has 0 fully saturated rings. The number of carbonyl (C=O) groups excluding carboxylic acids is 1. The Morgan fingerprint density at radius 1 is 1.09 bits per heavy atom. The van der Waals surface area contributed by atoms with Crippen LogP contribution in [0.25, 0.3) is 0 Å². The molecule has 182 valence electrons. The summed E-state index contributed by atoms with van der Waals surface area (Å²) in [4.78, 5) is 25.8. The topological polar surface area (TPSA) is 66.8 Å². The van der Waals surface area contributed by atoms with Crippen LogP contribution in [0.15, 0.2) is 60.7 Å². The largest absolute Gasteiger partial charge is 0.487 e. The molecule has 1 aliphatic heterocycles. The molecule has 0 bridgehead atoms. The SMILES string of the molecule is C[C@]1(Cc2ccc(Cl)c(F)c2)Cc2cc(C(=O)N(CCc3cccc(F)c3)CC(=O)O)ccc2O1. The molecule has 1 atom stereocenters. The summed E-state index contributed by atoms with van der Waals surface area (Å²) in [5, 5.41) is 9.37. The molecule has 5 nitrogen and oxygen atoms in total. The van der Waals surface area contributed by atoms with Crippen LogP contribution in [-0.4, -0.2) is 40.6 Å². The second kappa shape index (κ2) is 10.0. The monoisotopic (exact) mass is 499 g/mol. The Kier molecular flexibility index (Phi) is 7.08. The fourth-order valence-corrected chi connectivity index (χ4v) is 4.51. The molecule has 35 heavy (non-hydrogen) atoms. The van der Waals surface area contributed by atoms with Crippen LogP contribution in [0.4, 0.5) is 8.78 Å². The van der Waals surface area contributed by atoms with Gasteiger partial charge in [-0.2, -0.15) is 0 Å². The molecule has 1 heterocycles. The molecular weight excluding hydrogens is 476 g/mol. The lowest BCUT2D eigenvalue weighted by Crippen LogP contribution is -2.37. The number of ether oxygens (including phenoxy) is 1. The van der Waals surface area contributed by atoms with E-state index in [-0.39, 0.29) is 17.4 Å². The van der Waals surface area contributed by atoms with Crippen LogP contribution in [0.5, 0.6) is 5.75 Å². The van der Waals surface area contributed by atoms with Gasteiger partial charge in [-0.3, -0.25) is 9.59 Å². The molecule has 8 heteroatoms. The van der Waals surface area contributed by atoms with Gasteiger partial charge in [-0.05, 0) is 72.5 Å². The molecule has 3 aromatic rings. The molecule has 0 aliphatic carbocycles. The van der Waals surface area contributed by atoms with E-state index in [2.05, 4.69) is 0 Å². The highest BCUT2D eigenvalue weighted by molar-refractivity contribution is 6.30. The number of carbonyl (C=O) groups is 2. The van der Waals surface area contributed by atoms with E-state index in [4.69, 9.17) is 16.3 Å². The van der Waals surface area contributed by atoms with Crippen molar-refractivity contribution < 1.29 is 28.2 Å². The summed E-state index contributed by atoms with van der Waals surface area (Å²) < 4.78 is 33.5. The normalized spacial score (nSPS) is 16.5. The predicted molar refractivity (Wildman–Crippen MR) is 128 cm³/mol. The van der Waals surface area contributed by atoms with Crippen molar-refractivity contribution in [2.45, 2.75) is 31.8 Å². The van der Waals surface area contributed by atoms with Crippen molar-refractivity contribution in [1.29, 1.82) is 0 Å². The fraction of sp³-hybridized carbons (Fsp3) is 0.259. The van der Waals surface area contributed by atoms with Gasteiger partial charge < -0.3 is 14.7 Å². The number of nitrogens with zero attached hydrogens (tertiary/aromatic N) is 1. The molecule has 0 spiro atoms. The van der Waals surface area contributed by atoms with Crippen LogP contribution in [0.1, 0.15) is 34.0 Å². The number of hydrogen-bond acceptors (Lipinski definition) is 3. The predicted octanol–water partition coefficient (Wildman–Crippen LogP) is 5.32. The van der Waals surface area contributed by atoms with E-state index in [1.54, 1.807) is 36.4 Å². The quantitative estimate of drug-likeness (QED) is 0.455. The molecule has 1 aliphatic rings. The Labute approximate surface area is 206 Å². The first-order valence-electron chi connectivity index (χ1n) is 11.1. The van der Waals surface area contributed by atoms with E-state index in [0.717, 1.165) is 11.1 Å². The smallest absolute Gasteiger partial charge is 0.323 e. The van der Waals surface area contributed by atoms with Crippen LogP contribution in [-0.2, 0) is 24.1 Å². The highest BCUT2D eigenvalue weighted by Crippen LogP contribution is 2.38. The van der Waals surface area contributed by atoms with Crippen molar-refractivity contribution in [3.05, 3.63) is 99.6 Å². The molecule has 0 radical (unpaired) electrons. The Morgan fingerprint density at radius 3 is 2.60 bits per heavy atom. The highest BCUT2D eigenvalue weighted by Gasteiger charge is 2.36. The highest BCUT2D eigenvalue weighted by atomic mass is 35.5. The van der Waals surface area contributed by atoms with Crippen molar-refractivity contribution in [1.82, 2.24) is 4.90 Å². The number of fused-ring (bicyclic) bond motifs is 1. The van der Waals surface area contributed by atoms with Gasteiger partial charge in [-0.15, -0.1) is 0 Å². The van der Waals surface area contributed by atoms with E-state index in [1.807, 2.05) is 6.92 Å². The van der Waals surface area contributed by atoms with Gasteiger partial charge in [0.2, 0.25) is 0 Å². The Morgan fingerprint density at radius 2 is 1.89 bits per heavy atom. The second-order valence-corrected chi connectivity index (χ2v) is 9.38. The average Bonchev–Trinajstić information content (AvgIpc) is 3.13. The van der Waals surface area contributed by atoms with Crippen molar-refractivity contribution >= 4 is 23.5 Å². The summed E-state index contributed by atoms with van der Waals surface area (Å²) in [6, 6.07) is 15.6. The van der Waals surface area contributed by atoms with Gasteiger partial charge in [0, 0.05) is 24.9 Å². The first-order chi connectivity index (χ1) is 16.6. The Bertz CT molecular complexity index is 1280. The van der Waals surface area contributed by atoms with Gasteiger partial charge in [0.1, 0.15) is 29.5 Å². The molecule has 1 amide bonds. The molecular formula is C27H24ClF2NO4. The Hall–Kier alpha value is -3.45. The lowest BCUT2D eigenvalue weighted by molar-refractivity contribution is -0.137. The number of rotatable bonds is 8. The van der Waals surface area contributed by atoms with Gasteiger partial charge in [-0.25, -0.2) is 8.78 Å². The van der Waals surface area contributed by atoms with Crippen molar-refractivity contribution in [3.63, 3.8) is 0 Å². The minimum Gasteiger partial charge on any atom is -0.487 e. The minimum absolute atomic E-state index is 0.0565. The van der Waals surface area contributed by atoms with E-state index < -0.39 is 29.8 Å². The number of aliphatic carboxylic acids is 1. The minimum atomic E-state index is -1.13. The summed E-state index contributed by atoms with van der Waals surface area (Å²) in [6.07, 6.45) is 1.26. The number of carboxylic acid groups (broad SMARTS) is 1. The van der Waals surface area contributed by atoms with E-state index in [9.17, 15) is 23.5 Å². The van der Waals surface area contributed by atoms with Gasteiger partial charge in [-0.1, -0.05) is 29.8 Å². The van der Waals surface area contributed by atoms with Gasteiger partial charge in [0.15, 0.2) is 0 Å². The Balaban J connectivity index is 1.49. The molecule has 0 saturated carbocycles. The first-order valence-corrected chi connectivity index (χ1v) is 11.5. The van der Waals surface area contributed by atoms with Crippen LogP contribution in [0.3, 0.4) is 0 Å². The second-order valence-electron chi connectivity index (χ2n) is 8.98. The van der Waals surface area contributed by atoms with Crippen LogP contribution in [0, 0.1) is 11.6 Å². The third-order valence-corrected chi connectivity index (χ3v) is 6.27. The van der Waals surface area contributed by atoms with Crippen molar-refractivity contribution in [2.24, 2.45) is 0 Å². The standard InChI is InChI=1S/C27H24ClF2NO4/c1-27(14-18-5-7-22(28)23(30)12-18)15-20-13-19(6-8-24(20)35-27)26(34)31(16-25(32)33)10-9-17-3-2-4-21(29)11-17/h2-8,11-13H,9-10,14-16H2,1H3,(H,32,33)/t27-/m0/s1. The van der Waals surface area contributed by atoms with Crippen LogP contribution < -0.4 is 4.74 Å². The van der Waals surface area contributed by atoms with Gasteiger partial charge in [0.25, 0.3) is 5.91 Å². The average molecular weight is 500 g/mol. The van der Waals surface area contributed by atoms with Crippen LogP contribution >= 0.6 is 11.6 Å². The number of benzene rings is 3. The maximum atomic E-state index is 13.9. The summed E-state index contributed by atoms with van der Waals surface area (Å²) in [5.74, 6) is -1.82. The molecule has 3 aromatic carbocycles. The zero-order chi connectivity index (χ0) is 25.2. The van der Waals surface area contributed by atoms with Gasteiger partial charge >= 0.3 is 5.97 Å². The lowest BCUT2D eigenvalue weighted by atomic mass is 9.91. The summed E-state index contributed by atoms with van der Waals surface area (Å²) in [6.45, 7) is 1.57. The third kappa shape index (κ3) is 5.98. The summed E-state index contributed by atoms with van der Waals surface area (Å²) in [5.41, 5.74) is 1.93. The van der Waals surface area contributed by atoms with Crippen LogP contribution in [0.2, 0.25) is 5.02 Å². The summed E-state index contributed by atoms with van der Waals surface area (Å²) >= 11 is 5.78. The maximum absolute atomic E-state index is 13.9.